The minimum Gasteiger partial charge on any atom is -0.356 e. The third kappa shape index (κ3) is 5.45. The van der Waals surface area contributed by atoms with E-state index in [0.717, 1.165) is 18.9 Å². The van der Waals surface area contributed by atoms with E-state index < -0.39 is 23.6 Å². The highest BCUT2D eigenvalue weighted by atomic mass is 19.4. The second kappa shape index (κ2) is 9.68. The number of hydrogen-bond donors (Lipinski definition) is 0. The Kier molecular flexibility index (Phi) is 7.17. The average Bonchev–Trinajstić information content (AvgIpc) is 2.76. The fourth-order valence-corrected chi connectivity index (χ4v) is 3.88. The normalized spacial score (nSPS) is 16.0. The molecule has 0 bridgehead atoms. The van der Waals surface area contributed by atoms with Gasteiger partial charge in [-0.3, -0.25) is 4.79 Å². The quantitative estimate of drug-likeness (QED) is 0.537. The first kappa shape index (κ1) is 23.7. The number of carbonyl (C=O) groups excluding carboxylic acids is 1. The lowest BCUT2D eigenvalue weighted by atomic mass is 9.92. The molecule has 0 N–H and O–H groups in total. The van der Waals surface area contributed by atoms with Crippen molar-refractivity contribution in [2.45, 2.75) is 51.6 Å². The van der Waals surface area contributed by atoms with Gasteiger partial charge in [0.2, 0.25) is 0 Å². The highest BCUT2D eigenvalue weighted by Crippen LogP contribution is 2.33. The molecule has 0 saturated carbocycles. The van der Waals surface area contributed by atoms with E-state index in [9.17, 15) is 22.4 Å². The molecule has 3 rings (SSSR count). The molecular formula is C24H25F4N3O. The van der Waals surface area contributed by atoms with Crippen molar-refractivity contribution in [3.05, 3.63) is 58.5 Å². The summed E-state index contributed by atoms with van der Waals surface area (Å²) < 4.78 is 53.6. The summed E-state index contributed by atoms with van der Waals surface area (Å²) in [6.07, 6.45) is -2.46. The van der Waals surface area contributed by atoms with Crippen LogP contribution in [0.25, 0.3) is 0 Å². The number of alkyl halides is 3. The number of carbonyl (C=O) groups is 1. The number of halogens is 4. The van der Waals surface area contributed by atoms with Gasteiger partial charge in [-0.05, 0) is 54.5 Å². The van der Waals surface area contributed by atoms with Crippen LogP contribution in [0.1, 0.15) is 61.4 Å². The van der Waals surface area contributed by atoms with Crippen LogP contribution in [0.15, 0.2) is 30.3 Å². The van der Waals surface area contributed by atoms with Crippen LogP contribution in [0.5, 0.6) is 0 Å². The van der Waals surface area contributed by atoms with Gasteiger partial charge in [0.1, 0.15) is 29.2 Å². The van der Waals surface area contributed by atoms with Gasteiger partial charge in [0.25, 0.3) is 0 Å². The Morgan fingerprint density at radius 1 is 1.25 bits per heavy atom. The summed E-state index contributed by atoms with van der Waals surface area (Å²) in [4.78, 5) is 18.5. The molecule has 0 aliphatic carbocycles. The number of nitriles is 1. The summed E-state index contributed by atoms with van der Waals surface area (Å²) in [7, 11) is 0. The lowest BCUT2D eigenvalue weighted by Crippen LogP contribution is -2.34. The van der Waals surface area contributed by atoms with Gasteiger partial charge in [-0.25, -0.2) is 9.37 Å². The van der Waals surface area contributed by atoms with Crippen LogP contribution >= 0.6 is 0 Å². The van der Waals surface area contributed by atoms with Crippen molar-refractivity contribution in [2.24, 2.45) is 5.92 Å². The molecule has 32 heavy (non-hydrogen) atoms. The molecular weight excluding hydrogens is 422 g/mol. The van der Waals surface area contributed by atoms with Crippen molar-refractivity contribution < 1.29 is 22.4 Å². The third-order valence-corrected chi connectivity index (χ3v) is 6.07. The van der Waals surface area contributed by atoms with Crippen molar-refractivity contribution in [1.82, 2.24) is 4.98 Å². The summed E-state index contributed by atoms with van der Waals surface area (Å²) in [5.41, 5.74) is 0.0220. The van der Waals surface area contributed by atoms with Crippen LogP contribution < -0.4 is 4.90 Å². The van der Waals surface area contributed by atoms with Crippen molar-refractivity contribution in [2.75, 3.05) is 18.0 Å². The molecule has 8 heteroatoms. The molecule has 170 valence electrons. The van der Waals surface area contributed by atoms with E-state index in [4.69, 9.17) is 5.26 Å². The summed E-state index contributed by atoms with van der Waals surface area (Å²) >= 11 is 0. The number of anilines is 1. The Balaban J connectivity index is 1.78. The number of rotatable bonds is 6. The second-order valence-electron chi connectivity index (χ2n) is 8.39. The summed E-state index contributed by atoms with van der Waals surface area (Å²) in [5.74, 6) is -0.642. The predicted molar refractivity (Wildman–Crippen MR) is 113 cm³/mol. The summed E-state index contributed by atoms with van der Waals surface area (Å²) in [5, 5.41) is 8.85. The van der Waals surface area contributed by atoms with Crippen molar-refractivity contribution in [3.8, 4) is 6.07 Å². The van der Waals surface area contributed by atoms with Crippen LogP contribution in [-0.4, -0.2) is 23.9 Å². The predicted octanol–water partition coefficient (Wildman–Crippen LogP) is 5.65. The molecule has 1 aliphatic rings. The van der Waals surface area contributed by atoms with Crippen LogP contribution in [0, 0.1) is 23.1 Å². The number of ketones is 1. The molecule has 1 aromatic carbocycles. The van der Waals surface area contributed by atoms with Crippen LogP contribution in [0.2, 0.25) is 0 Å². The lowest BCUT2D eigenvalue weighted by molar-refractivity contribution is -0.141. The molecule has 2 heterocycles. The number of benzene rings is 1. The van der Waals surface area contributed by atoms with Crippen LogP contribution in [0.4, 0.5) is 23.4 Å². The van der Waals surface area contributed by atoms with Gasteiger partial charge in [0.05, 0.1) is 5.56 Å². The standard InChI is InChI=1S/C24H25F4N3O/c1-15-9-11-31(12-10-15)23-17(6-8-22(30-23)24(26,27)28)5-7-21(32)16(2)18-3-4-19(14-29)20(25)13-18/h3-4,6,8,13,15-16H,5,7,9-12H2,1-2H3. The number of piperidine rings is 1. The van der Waals surface area contributed by atoms with E-state index in [1.807, 2.05) is 4.90 Å². The Labute approximate surface area is 184 Å². The molecule has 0 spiro atoms. The number of hydrogen-bond acceptors (Lipinski definition) is 4. The highest BCUT2D eigenvalue weighted by Gasteiger charge is 2.34. The van der Waals surface area contributed by atoms with Crippen molar-refractivity contribution in [1.29, 1.82) is 5.26 Å². The van der Waals surface area contributed by atoms with Gasteiger partial charge in [-0.1, -0.05) is 26.0 Å². The van der Waals surface area contributed by atoms with Gasteiger partial charge in [0.15, 0.2) is 0 Å². The Hall–Kier alpha value is -2.95. The van der Waals surface area contributed by atoms with E-state index in [0.29, 0.717) is 30.1 Å². The molecule has 2 aromatic rings. The van der Waals surface area contributed by atoms with Gasteiger partial charge in [-0.15, -0.1) is 0 Å². The van der Waals surface area contributed by atoms with E-state index >= 15 is 0 Å². The number of nitrogens with zero attached hydrogens (tertiary/aromatic N) is 3. The van der Waals surface area contributed by atoms with Crippen molar-refractivity contribution >= 4 is 11.6 Å². The van der Waals surface area contributed by atoms with Crippen LogP contribution in [-0.2, 0) is 17.4 Å². The molecule has 1 fully saturated rings. The van der Waals surface area contributed by atoms with Crippen LogP contribution in [0.3, 0.4) is 0 Å². The second-order valence-corrected chi connectivity index (χ2v) is 8.39. The lowest BCUT2D eigenvalue weighted by Gasteiger charge is -2.33. The zero-order valence-corrected chi connectivity index (χ0v) is 18.0. The molecule has 0 amide bonds. The van der Waals surface area contributed by atoms with Gasteiger partial charge >= 0.3 is 6.18 Å². The molecule has 1 aromatic heterocycles. The fraction of sp³-hybridized carbons (Fsp3) is 0.458. The molecule has 1 unspecified atom stereocenters. The summed E-state index contributed by atoms with van der Waals surface area (Å²) in [6, 6.07) is 8.16. The van der Waals surface area contributed by atoms with E-state index in [1.165, 1.54) is 18.2 Å². The molecule has 1 aliphatic heterocycles. The first-order chi connectivity index (χ1) is 15.1. The monoisotopic (exact) mass is 447 g/mol. The zero-order valence-electron chi connectivity index (χ0n) is 18.0. The minimum absolute atomic E-state index is 0.0904. The maximum absolute atomic E-state index is 13.9. The topological polar surface area (TPSA) is 57.0 Å². The molecule has 1 saturated heterocycles. The Morgan fingerprint density at radius 3 is 2.53 bits per heavy atom. The maximum Gasteiger partial charge on any atom is 0.433 e. The van der Waals surface area contributed by atoms with Gasteiger partial charge in [0, 0.05) is 25.4 Å². The minimum atomic E-state index is -4.54. The van der Waals surface area contributed by atoms with Gasteiger partial charge < -0.3 is 4.90 Å². The zero-order chi connectivity index (χ0) is 23.5. The number of aryl methyl sites for hydroxylation is 1. The fourth-order valence-electron chi connectivity index (χ4n) is 3.88. The summed E-state index contributed by atoms with van der Waals surface area (Å²) in [6.45, 7) is 5.01. The first-order valence-electron chi connectivity index (χ1n) is 10.6. The largest absolute Gasteiger partial charge is 0.433 e. The molecule has 1 atom stereocenters. The van der Waals surface area contributed by atoms with Gasteiger partial charge in [-0.2, -0.15) is 18.4 Å². The van der Waals surface area contributed by atoms with E-state index in [-0.39, 0.29) is 30.0 Å². The maximum atomic E-state index is 13.9. The third-order valence-electron chi connectivity index (χ3n) is 6.07. The number of aromatic nitrogens is 1. The smallest absolute Gasteiger partial charge is 0.356 e. The molecule has 4 nitrogen and oxygen atoms in total. The Bertz CT molecular complexity index is 1020. The van der Waals surface area contributed by atoms with E-state index in [2.05, 4.69) is 11.9 Å². The van der Waals surface area contributed by atoms with E-state index in [1.54, 1.807) is 19.1 Å². The molecule has 0 radical (unpaired) electrons. The number of Topliss-reactive ketones (excluding diaryl/α,β-unsaturated/α-hetero) is 1. The first-order valence-corrected chi connectivity index (χ1v) is 10.6. The SMILES string of the molecule is CC1CCN(c2nc(C(F)(F)F)ccc2CCC(=O)C(C)c2ccc(C#N)c(F)c2)CC1. The highest BCUT2D eigenvalue weighted by molar-refractivity contribution is 5.85. The Morgan fingerprint density at radius 2 is 1.94 bits per heavy atom. The number of pyridine rings is 1. The van der Waals surface area contributed by atoms with Crippen molar-refractivity contribution in [3.63, 3.8) is 0 Å². The average molecular weight is 447 g/mol.